The number of nitrogens with one attached hydrogen (secondary N) is 2. The third-order valence-corrected chi connectivity index (χ3v) is 4.68. The first kappa shape index (κ1) is 19.6. The molecule has 0 amide bonds. The molecule has 0 aliphatic carbocycles. The molecule has 28 heavy (non-hydrogen) atoms. The van der Waals surface area contributed by atoms with Crippen LogP contribution in [0.15, 0.2) is 36.7 Å². The van der Waals surface area contributed by atoms with E-state index in [0.29, 0.717) is 39.5 Å². The zero-order valence-corrected chi connectivity index (χ0v) is 16.9. The molecule has 7 nitrogen and oxygen atoms in total. The van der Waals surface area contributed by atoms with Crippen molar-refractivity contribution in [3.63, 3.8) is 0 Å². The number of nitrogen functional groups attached to an aromatic ring is 1. The maximum atomic E-state index is 6.28. The standard InChI is InChI=1S/C20H22ClN5O2/c1-11-5-6-13(7-12(11)2)25-19-18(22)20(24-10-23-19)26-15-8-14(21)16(27-3)9-17(15)28-4/h5-10H,22H2,1-4H3,(H2,23,24,25,26). The van der Waals surface area contributed by atoms with Crippen LogP contribution in [0.5, 0.6) is 11.5 Å². The lowest BCUT2D eigenvalue weighted by atomic mass is 10.1. The van der Waals surface area contributed by atoms with Gasteiger partial charge in [0.1, 0.15) is 23.5 Å². The molecule has 0 spiro atoms. The predicted octanol–water partition coefficient (Wildman–Crippen LogP) is 4.83. The minimum absolute atomic E-state index is 0.370. The summed E-state index contributed by atoms with van der Waals surface area (Å²) >= 11 is 6.23. The van der Waals surface area contributed by atoms with Crippen molar-refractivity contribution in [2.45, 2.75) is 13.8 Å². The fraction of sp³-hybridized carbons (Fsp3) is 0.200. The molecule has 3 rings (SSSR count). The van der Waals surface area contributed by atoms with Crippen LogP contribution in [0.25, 0.3) is 0 Å². The Morgan fingerprint density at radius 3 is 2.21 bits per heavy atom. The number of rotatable bonds is 6. The lowest BCUT2D eigenvalue weighted by Gasteiger charge is -2.16. The van der Waals surface area contributed by atoms with Crippen LogP contribution in [0.4, 0.5) is 28.7 Å². The summed E-state index contributed by atoms with van der Waals surface area (Å²) in [5.41, 5.74) is 10.5. The highest BCUT2D eigenvalue weighted by Crippen LogP contribution is 2.38. The molecule has 0 fully saturated rings. The Labute approximate surface area is 168 Å². The zero-order valence-electron chi connectivity index (χ0n) is 16.1. The Kier molecular flexibility index (Phi) is 5.75. The van der Waals surface area contributed by atoms with Crippen molar-refractivity contribution >= 4 is 40.3 Å². The van der Waals surface area contributed by atoms with Crippen LogP contribution in [0.1, 0.15) is 11.1 Å². The second-order valence-corrected chi connectivity index (χ2v) is 6.63. The molecule has 3 aromatic rings. The number of methoxy groups -OCH3 is 2. The van der Waals surface area contributed by atoms with E-state index in [1.54, 1.807) is 26.4 Å². The van der Waals surface area contributed by atoms with E-state index >= 15 is 0 Å². The lowest BCUT2D eigenvalue weighted by molar-refractivity contribution is 0.396. The van der Waals surface area contributed by atoms with E-state index in [0.717, 1.165) is 5.69 Å². The minimum atomic E-state index is 0.370. The van der Waals surface area contributed by atoms with Crippen molar-refractivity contribution < 1.29 is 9.47 Å². The molecule has 0 atom stereocenters. The number of nitrogens with zero attached hydrogens (tertiary/aromatic N) is 2. The van der Waals surface area contributed by atoms with Gasteiger partial charge in [-0.1, -0.05) is 17.7 Å². The van der Waals surface area contributed by atoms with E-state index in [1.165, 1.54) is 17.5 Å². The normalized spacial score (nSPS) is 10.5. The molecule has 0 bridgehead atoms. The van der Waals surface area contributed by atoms with Crippen LogP contribution in [0.2, 0.25) is 5.02 Å². The molecule has 1 aromatic heterocycles. The monoisotopic (exact) mass is 399 g/mol. The second kappa shape index (κ2) is 8.22. The van der Waals surface area contributed by atoms with Gasteiger partial charge in [0.05, 0.1) is 24.9 Å². The summed E-state index contributed by atoms with van der Waals surface area (Å²) < 4.78 is 10.6. The third-order valence-electron chi connectivity index (χ3n) is 4.38. The van der Waals surface area contributed by atoms with Gasteiger partial charge in [0.2, 0.25) is 0 Å². The Balaban J connectivity index is 1.91. The summed E-state index contributed by atoms with van der Waals surface area (Å²) in [5.74, 6) is 1.99. The molecule has 146 valence electrons. The van der Waals surface area contributed by atoms with Crippen LogP contribution >= 0.6 is 11.6 Å². The summed E-state index contributed by atoms with van der Waals surface area (Å²) in [7, 11) is 3.10. The number of halogens is 1. The van der Waals surface area contributed by atoms with Crippen LogP contribution < -0.4 is 25.8 Å². The third kappa shape index (κ3) is 4.04. The summed E-state index contributed by atoms with van der Waals surface area (Å²) in [5, 5.41) is 6.82. The molecular weight excluding hydrogens is 378 g/mol. The lowest BCUT2D eigenvalue weighted by Crippen LogP contribution is -2.06. The summed E-state index contributed by atoms with van der Waals surface area (Å²) in [6, 6.07) is 9.44. The van der Waals surface area contributed by atoms with Crippen LogP contribution in [0, 0.1) is 13.8 Å². The number of anilines is 5. The van der Waals surface area contributed by atoms with Gasteiger partial charge in [-0.2, -0.15) is 0 Å². The second-order valence-electron chi connectivity index (χ2n) is 6.22. The topological polar surface area (TPSA) is 94.3 Å². The van der Waals surface area contributed by atoms with Crippen molar-refractivity contribution in [1.82, 2.24) is 9.97 Å². The Bertz CT molecular complexity index is 1010. The van der Waals surface area contributed by atoms with Gasteiger partial charge in [0.15, 0.2) is 11.6 Å². The van der Waals surface area contributed by atoms with Crippen LogP contribution in [0.3, 0.4) is 0 Å². The number of aromatic nitrogens is 2. The van der Waals surface area contributed by atoms with Gasteiger partial charge in [-0.05, 0) is 43.2 Å². The first-order valence-corrected chi connectivity index (χ1v) is 8.94. The van der Waals surface area contributed by atoms with E-state index in [1.807, 2.05) is 18.2 Å². The van der Waals surface area contributed by atoms with E-state index in [4.69, 9.17) is 26.8 Å². The largest absolute Gasteiger partial charge is 0.495 e. The highest BCUT2D eigenvalue weighted by Gasteiger charge is 2.14. The van der Waals surface area contributed by atoms with E-state index < -0.39 is 0 Å². The van der Waals surface area contributed by atoms with Gasteiger partial charge in [0.25, 0.3) is 0 Å². The number of hydrogen-bond acceptors (Lipinski definition) is 7. The molecule has 0 unspecified atom stereocenters. The average molecular weight is 400 g/mol. The van der Waals surface area contributed by atoms with Crippen LogP contribution in [-0.4, -0.2) is 24.2 Å². The molecule has 4 N–H and O–H groups in total. The highest BCUT2D eigenvalue weighted by atomic mass is 35.5. The zero-order chi connectivity index (χ0) is 20.3. The molecular formula is C20H22ClN5O2. The first-order chi connectivity index (χ1) is 13.4. The highest BCUT2D eigenvalue weighted by molar-refractivity contribution is 6.32. The predicted molar refractivity (Wildman–Crippen MR) is 113 cm³/mol. The van der Waals surface area contributed by atoms with Gasteiger partial charge in [0, 0.05) is 11.8 Å². The minimum Gasteiger partial charge on any atom is -0.495 e. The number of hydrogen-bond donors (Lipinski definition) is 3. The summed E-state index contributed by atoms with van der Waals surface area (Å²) in [6.07, 6.45) is 1.43. The Morgan fingerprint density at radius 2 is 1.57 bits per heavy atom. The smallest absolute Gasteiger partial charge is 0.159 e. The van der Waals surface area contributed by atoms with Gasteiger partial charge < -0.3 is 25.8 Å². The van der Waals surface area contributed by atoms with Gasteiger partial charge in [-0.3, -0.25) is 0 Å². The quantitative estimate of drug-likeness (QED) is 0.546. The van der Waals surface area contributed by atoms with E-state index in [-0.39, 0.29) is 0 Å². The molecule has 0 aliphatic rings. The van der Waals surface area contributed by atoms with Gasteiger partial charge in [-0.15, -0.1) is 0 Å². The summed E-state index contributed by atoms with van der Waals surface area (Å²) in [6.45, 7) is 4.12. The van der Waals surface area contributed by atoms with Gasteiger partial charge >= 0.3 is 0 Å². The molecule has 0 saturated carbocycles. The van der Waals surface area contributed by atoms with Crippen molar-refractivity contribution in [2.24, 2.45) is 0 Å². The first-order valence-electron chi connectivity index (χ1n) is 8.56. The molecule has 0 aliphatic heterocycles. The Morgan fingerprint density at radius 1 is 0.893 bits per heavy atom. The van der Waals surface area contributed by atoms with Crippen molar-refractivity contribution in [3.05, 3.63) is 52.8 Å². The molecule has 0 saturated heterocycles. The number of aryl methyl sites for hydroxylation is 2. The SMILES string of the molecule is COc1cc(OC)c(Nc2ncnc(Nc3ccc(C)c(C)c3)c2N)cc1Cl. The molecule has 2 aromatic carbocycles. The number of nitrogens with two attached hydrogens (primary N) is 1. The van der Waals surface area contributed by atoms with E-state index in [9.17, 15) is 0 Å². The van der Waals surface area contributed by atoms with Gasteiger partial charge in [-0.25, -0.2) is 9.97 Å². The maximum absolute atomic E-state index is 6.28. The maximum Gasteiger partial charge on any atom is 0.159 e. The average Bonchev–Trinajstić information content (AvgIpc) is 2.68. The Hall–Kier alpha value is -3.19. The molecule has 8 heteroatoms. The van der Waals surface area contributed by atoms with Crippen molar-refractivity contribution in [3.8, 4) is 11.5 Å². The van der Waals surface area contributed by atoms with Crippen LogP contribution in [-0.2, 0) is 0 Å². The number of ether oxygens (including phenoxy) is 2. The van der Waals surface area contributed by atoms with E-state index in [2.05, 4.69) is 34.4 Å². The molecule has 1 heterocycles. The van der Waals surface area contributed by atoms with Crippen molar-refractivity contribution in [2.75, 3.05) is 30.6 Å². The summed E-state index contributed by atoms with van der Waals surface area (Å²) in [4.78, 5) is 8.49. The fourth-order valence-electron chi connectivity index (χ4n) is 2.64. The number of benzene rings is 2. The molecule has 0 radical (unpaired) electrons. The van der Waals surface area contributed by atoms with Crippen molar-refractivity contribution in [1.29, 1.82) is 0 Å². The fourth-order valence-corrected chi connectivity index (χ4v) is 2.88.